The summed E-state index contributed by atoms with van der Waals surface area (Å²) in [6.45, 7) is 0. The minimum Gasteiger partial charge on any atom is -0.481 e. The number of carbonyl (C=O) groups is 1. The summed E-state index contributed by atoms with van der Waals surface area (Å²) in [5.41, 5.74) is 3.34. The van der Waals surface area contributed by atoms with Crippen LogP contribution in [-0.2, 0) is 11.2 Å². The van der Waals surface area contributed by atoms with Gasteiger partial charge in [0.05, 0.1) is 0 Å². The molecule has 0 saturated carbocycles. The van der Waals surface area contributed by atoms with Gasteiger partial charge in [0.15, 0.2) is 0 Å². The zero-order valence-electron chi connectivity index (χ0n) is 9.39. The van der Waals surface area contributed by atoms with Gasteiger partial charge in [0.25, 0.3) is 0 Å². The van der Waals surface area contributed by atoms with Gasteiger partial charge in [0.2, 0.25) is 0 Å². The van der Waals surface area contributed by atoms with Gasteiger partial charge in [-0.3, -0.25) is 4.79 Å². The van der Waals surface area contributed by atoms with E-state index in [0.717, 1.165) is 16.7 Å². The van der Waals surface area contributed by atoms with Gasteiger partial charge in [-0.25, -0.2) is 0 Å². The maximum atomic E-state index is 10.5. The molecule has 17 heavy (non-hydrogen) atoms. The third-order valence-corrected chi connectivity index (χ3v) is 2.63. The Labute approximate surface area is 101 Å². The number of rotatable bonds is 4. The topological polar surface area (TPSA) is 37.3 Å². The Kier molecular flexibility index (Phi) is 3.55. The smallest absolute Gasteiger partial charge is 0.303 e. The number of aliphatic carboxylic acids is 1. The average Bonchev–Trinajstić information content (AvgIpc) is 2.38. The Morgan fingerprint density at radius 2 is 1.59 bits per heavy atom. The van der Waals surface area contributed by atoms with Crippen LogP contribution in [0.1, 0.15) is 12.0 Å². The summed E-state index contributed by atoms with van der Waals surface area (Å²) in [6, 6.07) is 18.8. The quantitative estimate of drug-likeness (QED) is 0.867. The molecule has 2 aromatic carbocycles. The molecule has 0 atom stereocenters. The fraction of sp³-hybridized carbons (Fsp3) is 0.133. The molecule has 2 rings (SSSR count). The first-order chi connectivity index (χ1) is 8.25. The molecule has 0 bridgehead atoms. The number of carboxylic acids is 1. The van der Waals surface area contributed by atoms with Crippen LogP contribution in [0.15, 0.2) is 48.5 Å². The van der Waals surface area contributed by atoms with Crippen LogP contribution in [0.5, 0.6) is 0 Å². The third-order valence-electron chi connectivity index (χ3n) is 2.63. The van der Waals surface area contributed by atoms with Crippen molar-refractivity contribution >= 4 is 5.97 Å². The van der Waals surface area contributed by atoms with Crippen LogP contribution in [-0.4, -0.2) is 11.1 Å². The Hall–Kier alpha value is -2.09. The van der Waals surface area contributed by atoms with Crippen LogP contribution in [0.2, 0.25) is 0 Å². The van der Waals surface area contributed by atoms with E-state index in [1.807, 2.05) is 48.5 Å². The van der Waals surface area contributed by atoms with Gasteiger partial charge in [0, 0.05) is 6.42 Å². The molecule has 0 unspecified atom stereocenters. The molecule has 1 radical (unpaired) electrons. The molecule has 0 aromatic heterocycles. The molecule has 0 fully saturated rings. The predicted molar refractivity (Wildman–Crippen MR) is 66.7 cm³/mol. The lowest BCUT2D eigenvalue weighted by Gasteiger charge is -2.03. The maximum Gasteiger partial charge on any atom is 0.303 e. The van der Waals surface area contributed by atoms with E-state index in [-0.39, 0.29) is 6.42 Å². The summed E-state index contributed by atoms with van der Waals surface area (Å²) in [5.74, 6) is -0.757. The van der Waals surface area contributed by atoms with Gasteiger partial charge in [-0.05, 0) is 29.2 Å². The molecule has 2 nitrogen and oxygen atoms in total. The van der Waals surface area contributed by atoms with E-state index in [0.29, 0.717) is 6.42 Å². The van der Waals surface area contributed by atoms with Gasteiger partial charge >= 0.3 is 5.97 Å². The predicted octanol–water partition coefficient (Wildman–Crippen LogP) is 3.17. The number of hydrogen-bond acceptors (Lipinski definition) is 1. The van der Waals surface area contributed by atoms with Crippen molar-refractivity contribution in [3.63, 3.8) is 0 Å². The van der Waals surface area contributed by atoms with E-state index >= 15 is 0 Å². The van der Waals surface area contributed by atoms with Crippen LogP contribution in [0, 0.1) is 6.07 Å². The second-order valence-corrected chi connectivity index (χ2v) is 3.88. The molecule has 0 amide bonds. The van der Waals surface area contributed by atoms with Crippen LogP contribution in [0.25, 0.3) is 11.1 Å². The van der Waals surface area contributed by atoms with Crippen LogP contribution >= 0.6 is 0 Å². The highest BCUT2D eigenvalue weighted by Crippen LogP contribution is 2.19. The molecular formula is C15H13O2. The fourth-order valence-corrected chi connectivity index (χ4v) is 1.69. The van der Waals surface area contributed by atoms with E-state index in [4.69, 9.17) is 5.11 Å². The van der Waals surface area contributed by atoms with Gasteiger partial charge in [-0.2, -0.15) is 0 Å². The summed E-state index contributed by atoms with van der Waals surface area (Å²) >= 11 is 0. The van der Waals surface area contributed by atoms with Gasteiger partial charge in [-0.1, -0.05) is 48.5 Å². The minimum atomic E-state index is -0.757. The van der Waals surface area contributed by atoms with Crippen molar-refractivity contribution in [2.45, 2.75) is 12.8 Å². The van der Waals surface area contributed by atoms with Gasteiger partial charge in [-0.15, -0.1) is 0 Å². The summed E-state index contributed by atoms with van der Waals surface area (Å²) in [7, 11) is 0. The molecule has 0 saturated heterocycles. The van der Waals surface area contributed by atoms with E-state index in [1.54, 1.807) is 0 Å². The van der Waals surface area contributed by atoms with E-state index in [2.05, 4.69) is 6.07 Å². The second-order valence-electron chi connectivity index (χ2n) is 3.88. The number of aryl methyl sites for hydroxylation is 1. The minimum absolute atomic E-state index is 0.180. The lowest BCUT2D eigenvalue weighted by Crippen LogP contribution is -1.97. The van der Waals surface area contributed by atoms with E-state index in [1.165, 1.54) is 0 Å². The van der Waals surface area contributed by atoms with Crippen molar-refractivity contribution in [1.82, 2.24) is 0 Å². The zero-order valence-corrected chi connectivity index (χ0v) is 9.39. The molecule has 2 aromatic rings. The van der Waals surface area contributed by atoms with Crippen molar-refractivity contribution in [3.05, 3.63) is 60.2 Å². The molecule has 0 aliphatic rings. The van der Waals surface area contributed by atoms with Crippen LogP contribution in [0.3, 0.4) is 0 Å². The Morgan fingerprint density at radius 1 is 1.00 bits per heavy atom. The SMILES string of the molecule is O=C(O)CCc1ccc(-c2cc[c]cc2)cc1. The third kappa shape index (κ3) is 3.18. The standard InChI is InChI=1S/C15H13O2/c16-15(17)11-8-12-6-9-14(10-7-12)13-4-2-1-3-5-13/h2-7,9-10H,8,11H2,(H,16,17). The first-order valence-corrected chi connectivity index (χ1v) is 5.53. The van der Waals surface area contributed by atoms with Crippen molar-refractivity contribution in [2.75, 3.05) is 0 Å². The molecule has 0 aliphatic heterocycles. The van der Waals surface area contributed by atoms with Gasteiger partial charge < -0.3 is 5.11 Å². The molecule has 0 aliphatic carbocycles. The average molecular weight is 225 g/mol. The summed E-state index contributed by atoms with van der Waals surface area (Å²) < 4.78 is 0. The number of carboxylic acid groups (broad SMARTS) is 1. The van der Waals surface area contributed by atoms with Crippen molar-refractivity contribution in [1.29, 1.82) is 0 Å². The lowest BCUT2D eigenvalue weighted by molar-refractivity contribution is -0.136. The monoisotopic (exact) mass is 225 g/mol. The Morgan fingerprint density at radius 3 is 2.18 bits per heavy atom. The van der Waals surface area contributed by atoms with Gasteiger partial charge in [0.1, 0.15) is 0 Å². The normalized spacial score (nSPS) is 10.1. The highest BCUT2D eigenvalue weighted by molar-refractivity contribution is 5.67. The van der Waals surface area contributed by atoms with Crippen molar-refractivity contribution in [2.24, 2.45) is 0 Å². The molecule has 0 spiro atoms. The summed E-state index contributed by atoms with van der Waals surface area (Å²) in [5, 5.41) is 8.60. The lowest BCUT2D eigenvalue weighted by atomic mass is 10.0. The fourth-order valence-electron chi connectivity index (χ4n) is 1.69. The summed E-state index contributed by atoms with van der Waals surface area (Å²) in [4.78, 5) is 10.5. The highest BCUT2D eigenvalue weighted by atomic mass is 16.4. The summed E-state index contributed by atoms with van der Waals surface area (Å²) in [6.07, 6.45) is 0.762. The van der Waals surface area contributed by atoms with Crippen molar-refractivity contribution < 1.29 is 9.90 Å². The molecule has 0 heterocycles. The highest BCUT2D eigenvalue weighted by Gasteiger charge is 2.00. The largest absolute Gasteiger partial charge is 0.481 e. The first-order valence-electron chi connectivity index (χ1n) is 5.53. The number of hydrogen-bond donors (Lipinski definition) is 1. The molecule has 1 N–H and O–H groups in total. The molecular weight excluding hydrogens is 212 g/mol. The maximum absolute atomic E-state index is 10.5. The van der Waals surface area contributed by atoms with Crippen LogP contribution in [0.4, 0.5) is 0 Å². The zero-order chi connectivity index (χ0) is 12.1. The second kappa shape index (κ2) is 5.30. The Balaban J connectivity index is 2.11. The first kappa shape index (κ1) is 11.4. The van der Waals surface area contributed by atoms with Crippen molar-refractivity contribution in [3.8, 4) is 11.1 Å². The van der Waals surface area contributed by atoms with E-state index in [9.17, 15) is 4.79 Å². The molecule has 85 valence electrons. The number of benzene rings is 2. The molecule has 2 heteroatoms. The van der Waals surface area contributed by atoms with E-state index < -0.39 is 5.97 Å². The Bertz CT molecular complexity index is 486. The van der Waals surface area contributed by atoms with Crippen LogP contribution < -0.4 is 0 Å².